The van der Waals surface area contributed by atoms with Crippen molar-refractivity contribution < 1.29 is 27.2 Å². The number of ether oxygens (including phenoxy) is 1. The molecular formula is C23H27BF3N3O4. The van der Waals surface area contributed by atoms with Crippen LogP contribution >= 0.6 is 0 Å². The molecule has 5 rings (SSSR count). The Bertz CT molecular complexity index is 1290. The van der Waals surface area contributed by atoms with Gasteiger partial charge in [0.15, 0.2) is 6.23 Å². The van der Waals surface area contributed by atoms with Crippen LogP contribution in [0.1, 0.15) is 53.2 Å². The van der Waals surface area contributed by atoms with Gasteiger partial charge in [0.2, 0.25) is 0 Å². The maximum absolute atomic E-state index is 13.5. The summed E-state index contributed by atoms with van der Waals surface area (Å²) < 4.78 is 60.9. The number of rotatable bonds is 3. The van der Waals surface area contributed by atoms with Crippen molar-refractivity contribution in [3.05, 3.63) is 34.7 Å². The fourth-order valence-corrected chi connectivity index (χ4v) is 4.61. The zero-order chi connectivity index (χ0) is 24.5. The minimum atomic E-state index is -4.58. The van der Waals surface area contributed by atoms with E-state index in [1.54, 1.807) is 22.9 Å². The van der Waals surface area contributed by atoms with Crippen LogP contribution in [0, 0.1) is 0 Å². The molecule has 1 atom stereocenters. The summed E-state index contributed by atoms with van der Waals surface area (Å²) in [6, 6.07) is 5.04. The number of hydrogen-bond donors (Lipinski definition) is 0. The third kappa shape index (κ3) is 3.83. The van der Waals surface area contributed by atoms with Gasteiger partial charge >= 0.3 is 13.3 Å². The number of pyridine rings is 1. The van der Waals surface area contributed by atoms with Gasteiger partial charge in [-0.3, -0.25) is 9.36 Å². The van der Waals surface area contributed by atoms with E-state index in [9.17, 15) is 18.0 Å². The van der Waals surface area contributed by atoms with Crippen molar-refractivity contribution in [3.63, 3.8) is 0 Å². The average molecular weight is 477 g/mol. The number of aromatic nitrogens is 3. The van der Waals surface area contributed by atoms with Crippen molar-refractivity contribution in [1.29, 1.82) is 0 Å². The second-order valence-electron chi connectivity index (χ2n) is 10.0. The lowest BCUT2D eigenvalue weighted by Gasteiger charge is -2.32. The lowest BCUT2D eigenvalue weighted by Crippen LogP contribution is -2.41. The van der Waals surface area contributed by atoms with Gasteiger partial charge in [-0.2, -0.15) is 18.3 Å². The van der Waals surface area contributed by atoms with Crippen LogP contribution in [0.4, 0.5) is 13.2 Å². The quantitative estimate of drug-likeness (QED) is 0.536. The molecule has 0 amide bonds. The summed E-state index contributed by atoms with van der Waals surface area (Å²) in [4.78, 5) is 13.3. The number of hydrogen-bond acceptors (Lipinski definition) is 5. The van der Waals surface area contributed by atoms with Gasteiger partial charge in [0, 0.05) is 12.0 Å². The van der Waals surface area contributed by atoms with Crippen molar-refractivity contribution in [2.45, 2.75) is 77.1 Å². The highest BCUT2D eigenvalue weighted by molar-refractivity contribution is 6.62. The van der Waals surface area contributed by atoms with Gasteiger partial charge < -0.3 is 14.0 Å². The van der Waals surface area contributed by atoms with Gasteiger partial charge in [0.1, 0.15) is 6.54 Å². The number of benzene rings is 1. The Morgan fingerprint density at radius 2 is 1.82 bits per heavy atom. The Morgan fingerprint density at radius 1 is 1.12 bits per heavy atom. The van der Waals surface area contributed by atoms with E-state index >= 15 is 0 Å². The molecule has 0 bridgehead atoms. The summed E-state index contributed by atoms with van der Waals surface area (Å²) >= 11 is 0. The Hall–Kier alpha value is -2.37. The molecule has 3 aromatic rings. The third-order valence-corrected chi connectivity index (χ3v) is 7.13. The minimum absolute atomic E-state index is 0.134. The van der Waals surface area contributed by atoms with Crippen molar-refractivity contribution >= 4 is 34.4 Å². The molecule has 11 heteroatoms. The van der Waals surface area contributed by atoms with Crippen molar-refractivity contribution in [3.8, 4) is 0 Å². The molecule has 2 aliphatic heterocycles. The molecule has 2 aromatic heterocycles. The topological polar surface area (TPSA) is 67.5 Å². The number of halogens is 3. The number of alkyl halides is 3. The van der Waals surface area contributed by atoms with Gasteiger partial charge in [-0.05, 0) is 58.5 Å². The summed E-state index contributed by atoms with van der Waals surface area (Å²) in [6.07, 6.45) is -1.00. The third-order valence-electron chi connectivity index (χ3n) is 7.13. The summed E-state index contributed by atoms with van der Waals surface area (Å²) in [6.45, 7) is 6.77. The highest BCUT2D eigenvalue weighted by Gasteiger charge is 2.51. The van der Waals surface area contributed by atoms with Gasteiger partial charge in [0.25, 0.3) is 5.56 Å². The Labute approximate surface area is 194 Å². The molecule has 182 valence electrons. The van der Waals surface area contributed by atoms with Crippen LogP contribution in [0.25, 0.3) is 21.8 Å². The minimum Gasteiger partial charge on any atom is -0.399 e. The van der Waals surface area contributed by atoms with Crippen molar-refractivity contribution in [2.24, 2.45) is 0 Å². The summed E-state index contributed by atoms with van der Waals surface area (Å²) in [5.41, 5.74) is -0.794. The monoisotopic (exact) mass is 477 g/mol. The lowest BCUT2D eigenvalue weighted by atomic mass is 9.78. The molecule has 0 radical (unpaired) electrons. The van der Waals surface area contributed by atoms with Crippen LogP contribution in [-0.2, 0) is 20.6 Å². The van der Waals surface area contributed by atoms with Crippen LogP contribution in [-0.4, -0.2) is 45.5 Å². The van der Waals surface area contributed by atoms with Crippen LogP contribution in [0.5, 0.6) is 0 Å². The number of nitrogens with zero attached hydrogens (tertiary/aromatic N) is 3. The molecule has 0 saturated carbocycles. The molecule has 1 aromatic carbocycles. The fraction of sp³-hybridized carbons (Fsp3) is 0.565. The molecule has 0 N–H and O–H groups in total. The molecule has 4 heterocycles. The predicted molar refractivity (Wildman–Crippen MR) is 122 cm³/mol. The largest absolute Gasteiger partial charge is 0.494 e. The Morgan fingerprint density at radius 3 is 2.44 bits per heavy atom. The van der Waals surface area contributed by atoms with Gasteiger partial charge in [0.05, 0.1) is 33.8 Å². The average Bonchev–Trinajstić information content (AvgIpc) is 3.29. The first kappa shape index (κ1) is 23.4. The Kier molecular flexibility index (Phi) is 5.38. The Balaban J connectivity index is 1.72. The maximum atomic E-state index is 13.5. The molecule has 0 aliphatic carbocycles. The van der Waals surface area contributed by atoms with E-state index in [0.717, 1.165) is 23.8 Å². The van der Waals surface area contributed by atoms with Gasteiger partial charge in [-0.15, -0.1) is 0 Å². The highest BCUT2D eigenvalue weighted by atomic mass is 19.4. The zero-order valence-corrected chi connectivity index (χ0v) is 19.6. The highest BCUT2D eigenvalue weighted by Crippen LogP contribution is 2.37. The van der Waals surface area contributed by atoms with E-state index in [1.165, 1.54) is 6.20 Å². The van der Waals surface area contributed by atoms with E-state index in [1.807, 2.05) is 27.7 Å². The molecule has 7 nitrogen and oxygen atoms in total. The normalized spacial score (nSPS) is 22.7. The summed E-state index contributed by atoms with van der Waals surface area (Å²) in [5.74, 6) is 0. The first-order valence-corrected chi connectivity index (χ1v) is 11.5. The SMILES string of the molecule is CC1(C)OB(c2ccc3c4c(cnn4C4CCCCO4)c(=O)n(CC(F)(F)F)c3c2)OC1(C)C. The molecule has 34 heavy (non-hydrogen) atoms. The molecular weight excluding hydrogens is 450 g/mol. The van der Waals surface area contributed by atoms with Crippen LogP contribution in [0.15, 0.2) is 29.2 Å². The van der Waals surface area contributed by atoms with Gasteiger partial charge in [-0.1, -0.05) is 12.1 Å². The summed E-state index contributed by atoms with van der Waals surface area (Å²) in [5, 5.41) is 4.98. The first-order valence-electron chi connectivity index (χ1n) is 11.5. The second kappa shape index (κ2) is 7.83. The van der Waals surface area contributed by atoms with Crippen molar-refractivity contribution in [1.82, 2.24) is 14.3 Å². The van der Waals surface area contributed by atoms with Gasteiger partial charge in [-0.25, -0.2) is 4.68 Å². The van der Waals surface area contributed by atoms with Crippen LogP contribution in [0.3, 0.4) is 0 Å². The van der Waals surface area contributed by atoms with E-state index in [2.05, 4.69) is 5.10 Å². The zero-order valence-electron chi connectivity index (χ0n) is 19.6. The van der Waals surface area contributed by atoms with E-state index < -0.39 is 36.6 Å². The predicted octanol–water partition coefficient (Wildman–Crippen LogP) is 3.91. The molecule has 1 unspecified atom stereocenters. The molecule has 2 saturated heterocycles. The van der Waals surface area contributed by atoms with Crippen molar-refractivity contribution in [2.75, 3.05) is 6.61 Å². The van der Waals surface area contributed by atoms with E-state index in [0.29, 0.717) is 23.0 Å². The maximum Gasteiger partial charge on any atom is 0.494 e. The molecule has 2 aliphatic rings. The smallest absolute Gasteiger partial charge is 0.399 e. The van der Waals surface area contributed by atoms with Crippen LogP contribution in [0.2, 0.25) is 0 Å². The van der Waals surface area contributed by atoms with E-state index in [-0.39, 0.29) is 17.1 Å². The summed E-state index contributed by atoms with van der Waals surface area (Å²) in [7, 11) is -0.772. The first-order chi connectivity index (χ1) is 15.9. The second-order valence-corrected chi connectivity index (χ2v) is 10.0. The standard InChI is InChI=1S/C23H27BF3N3O4/c1-21(2)22(3,4)34-24(33-21)14-8-9-15-17(11-14)29(13-23(25,26)27)20(31)16-12-28-30(19(15)16)18-7-5-6-10-32-18/h8-9,11-12,18H,5-7,10,13H2,1-4H3. The van der Waals surface area contributed by atoms with E-state index in [4.69, 9.17) is 14.0 Å². The molecule has 0 spiro atoms. The lowest BCUT2D eigenvalue weighted by molar-refractivity contribution is -0.140. The number of fused-ring (bicyclic) bond motifs is 3. The fourth-order valence-electron chi connectivity index (χ4n) is 4.61. The molecule has 2 fully saturated rings. The van der Waals surface area contributed by atoms with Crippen LogP contribution < -0.4 is 11.0 Å².